The van der Waals surface area contributed by atoms with Crippen molar-refractivity contribution < 1.29 is 27.6 Å². The number of Topliss-reactive ketones (excluding diaryl/α,β-unsaturated/α-hetero) is 1. The molecule has 172 valence electrons. The maximum Gasteiger partial charge on any atom is 0.257 e. The fourth-order valence-electron chi connectivity index (χ4n) is 3.15. The molecule has 0 aliphatic carbocycles. The van der Waals surface area contributed by atoms with E-state index in [2.05, 4.69) is 25.7 Å². The first-order valence-electron chi connectivity index (χ1n) is 9.77. The quantitative estimate of drug-likeness (QED) is 0.332. The van der Waals surface area contributed by atoms with E-state index in [-0.39, 0.29) is 28.3 Å². The number of rotatable bonds is 6. The van der Waals surface area contributed by atoms with Gasteiger partial charge in [-0.2, -0.15) is 9.49 Å². The fraction of sp³-hybridized carbons (Fsp3) is 0.0909. The number of halogens is 3. The van der Waals surface area contributed by atoms with Gasteiger partial charge in [-0.15, -0.1) is 0 Å². The van der Waals surface area contributed by atoms with Crippen LogP contribution in [0, 0.1) is 17.6 Å². The smallest absolute Gasteiger partial charge is 0.257 e. The maximum absolute atomic E-state index is 13.7. The average molecular weight is 468 g/mol. The number of amides is 2. The van der Waals surface area contributed by atoms with Gasteiger partial charge in [0.05, 0.1) is 6.20 Å². The summed E-state index contributed by atoms with van der Waals surface area (Å²) in [7, 11) is 0. The number of hydrogen-bond acceptors (Lipinski definition) is 6. The maximum atomic E-state index is 13.7. The Labute approximate surface area is 189 Å². The van der Waals surface area contributed by atoms with Crippen molar-refractivity contribution in [3.63, 3.8) is 0 Å². The number of anilines is 1. The molecule has 4 rings (SSSR count). The highest BCUT2D eigenvalue weighted by Crippen LogP contribution is 2.21. The summed E-state index contributed by atoms with van der Waals surface area (Å²) in [5.41, 5.74) is 0.223. The van der Waals surface area contributed by atoms with Crippen LogP contribution in [0.1, 0.15) is 39.4 Å². The number of hydrogen-bond donors (Lipinski definition) is 2. The topological polar surface area (TPSA) is 118 Å². The summed E-state index contributed by atoms with van der Waals surface area (Å²) in [6, 6.07) is 6.59. The Hall–Kier alpha value is -4.61. The summed E-state index contributed by atoms with van der Waals surface area (Å²) < 4.78 is 41.5. The van der Waals surface area contributed by atoms with Crippen molar-refractivity contribution in [2.24, 2.45) is 0 Å². The lowest BCUT2D eigenvalue weighted by Gasteiger charge is -2.17. The Bertz CT molecular complexity index is 1440. The highest BCUT2D eigenvalue weighted by molar-refractivity contribution is 6.04. The number of nitrogens with zero attached hydrogens (tertiary/aromatic N) is 4. The number of imidazole rings is 1. The normalized spacial score (nSPS) is 11.8. The van der Waals surface area contributed by atoms with E-state index in [0.717, 1.165) is 24.4 Å². The molecule has 4 aromatic rings. The van der Waals surface area contributed by atoms with Gasteiger partial charge in [0.25, 0.3) is 5.91 Å². The van der Waals surface area contributed by atoms with Gasteiger partial charge in [-0.05, 0) is 35.9 Å². The Morgan fingerprint density at radius 3 is 2.50 bits per heavy atom. The zero-order chi connectivity index (χ0) is 24.4. The van der Waals surface area contributed by atoms with Crippen molar-refractivity contribution in [3.05, 3.63) is 89.3 Å². The van der Waals surface area contributed by atoms with E-state index in [9.17, 15) is 27.6 Å². The van der Waals surface area contributed by atoms with Crippen molar-refractivity contribution in [1.82, 2.24) is 24.9 Å². The van der Waals surface area contributed by atoms with Crippen LogP contribution in [0.2, 0.25) is 0 Å². The van der Waals surface area contributed by atoms with Crippen molar-refractivity contribution in [1.29, 1.82) is 0 Å². The van der Waals surface area contributed by atoms with Crippen molar-refractivity contribution in [2.75, 3.05) is 5.32 Å². The number of fused-ring (bicyclic) bond motifs is 1. The van der Waals surface area contributed by atoms with Gasteiger partial charge in [0, 0.05) is 24.8 Å². The largest absolute Gasteiger partial charge is 0.342 e. The molecule has 1 aromatic carbocycles. The van der Waals surface area contributed by atoms with Crippen LogP contribution < -0.4 is 10.6 Å². The lowest BCUT2D eigenvalue weighted by molar-refractivity contribution is -0.119. The van der Waals surface area contributed by atoms with E-state index >= 15 is 0 Å². The van der Waals surface area contributed by atoms with Crippen LogP contribution >= 0.6 is 0 Å². The molecule has 1 unspecified atom stereocenters. The predicted molar refractivity (Wildman–Crippen MR) is 112 cm³/mol. The van der Waals surface area contributed by atoms with Crippen LogP contribution in [0.4, 0.5) is 19.0 Å². The van der Waals surface area contributed by atoms with E-state index in [1.54, 1.807) is 0 Å². The van der Waals surface area contributed by atoms with Crippen molar-refractivity contribution in [2.45, 2.75) is 13.0 Å². The van der Waals surface area contributed by atoms with Crippen molar-refractivity contribution in [3.8, 4) is 0 Å². The van der Waals surface area contributed by atoms with Gasteiger partial charge in [-0.1, -0.05) is 6.07 Å². The van der Waals surface area contributed by atoms with E-state index in [1.807, 2.05) is 0 Å². The van der Waals surface area contributed by atoms with Gasteiger partial charge in [0.2, 0.25) is 17.6 Å². The molecule has 12 heteroatoms. The number of pyridine rings is 1. The number of benzene rings is 1. The predicted octanol–water partition coefficient (Wildman–Crippen LogP) is 2.85. The Morgan fingerprint density at radius 2 is 1.79 bits per heavy atom. The summed E-state index contributed by atoms with van der Waals surface area (Å²) >= 11 is 0. The zero-order valence-electron chi connectivity index (χ0n) is 17.4. The third-order valence-electron chi connectivity index (χ3n) is 4.69. The van der Waals surface area contributed by atoms with Crippen LogP contribution in [-0.4, -0.2) is 37.2 Å². The van der Waals surface area contributed by atoms with E-state index in [0.29, 0.717) is 0 Å². The molecular weight excluding hydrogens is 453 g/mol. The third-order valence-corrected chi connectivity index (χ3v) is 4.69. The van der Waals surface area contributed by atoms with Gasteiger partial charge < -0.3 is 10.6 Å². The molecule has 0 saturated carbocycles. The van der Waals surface area contributed by atoms with Gasteiger partial charge in [-0.25, -0.2) is 23.3 Å². The number of ketones is 1. The Balaban J connectivity index is 1.61. The van der Waals surface area contributed by atoms with E-state index in [4.69, 9.17) is 0 Å². The van der Waals surface area contributed by atoms with Gasteiger partial charge in [0.15, 0.2) is 23.1 Å². The molecule has 9 nitrogen and oxygen atoms in total. The number of aromatic nitrogens is 4. The third kappa shape index (κ3) is 4.75. The number of carbonyl (C=O) groups excluding carboxylic acids is 3. The summed E-state index contributed by atoms with van der Waals surface area (Å²) in [5.74, 6) is -4.89. The molecule has 3 aromatic heterocycles. The number of nitrogens with one attached hydrogen (secondary N) is 2. The lowest BCUT2D eigenvalue weighted by Crippen LogP contribution is -2.33. The molecule has 0 bridgehead atoms. The highest BCUT2D eigenvalue weighted by Gasteiger charge is 2.26. The summed E-state index contributed by atoms with van der Waals surface area (Å²) in [5, 5.41) is 9.04. The van der Waals surface area contributed by atoms with Gasteiger partial charge in [-0.3, -0.25) is 14.4 Å². The first-order chi connectivity index (χ1) is 16.2. The minimum absolute atomic E-state index is 0.0260. The Morgan fingerprint density at radius 1 is 1.00 bits per heavy atom. The van der Waals surface area contributed by atoms with Crippen LogP contribution in [-0.2, 0) is 4.79 Å². The minimum atomic E-state index is -1.32. The molecule has 0 radical (unpaired) electrons. The lowest BCUT2D eigenvalue weighted by atomic mass is 10.00. The second-order valence-electron chi connectivity index (χ2n) is 7.14. The zero-order valence-corrected chi connectivity index (χ0v) is 17.4. The van der Waals surface area contributed by atoms with Gasteiger partial charge >= 0.3 is 0 Å². The second-order valence-corrected chi connectivity index (χ2v) is 7.14. The first kappa shape index (κ1) is 22.6. The van der Waals surface area contributed by atoms with Crippen LogP contribution in [0.15, 0.2) is 54.9 Å². The first-order valence-corrected chi connectivity index (χ1v) is 9.77. The summed E-state index contributed by atoms with van der Waals surface area (Å²) in [6.07, 6.45) is 2.47. The summed E-state index contributed by atoms with van der Waals surface area (Å²) in [4.78, 5) is 44.6. The van der Waals surface area contributed by atoms with Crippen LogP contribution in [0.5, 0.6) is 0 Å². The molecule has 1 atom stereocenters. The monoisotopic (exact) mass is 468 g/mol. The molecule has 0 saturated heterocycles. The summed E-state index contributed by atoms with van der Waals surface area (Å²) in [6.45, 7) is 1.18. The fourth-order valence-corrected chi connectivity index (χ4v) is 3.15. The van der Waals surface area contributed by atoms with Gasteiger partial charge in [0.1, 0.15) is 11.7 Å². The molecule has 2 amide bonds. The molecular formula is C22H15F3N6O3. The molecule has 34 heavy (non-hydrogen) atoms. The molecule has 3 heterocycles. The molecule has 0 spiro atoms. The van der Waals surface area contributed by atoms with E-state index < -0.39 is 41.2 Å². The van der Waals surface area contributed by atoms with Crippen molar-refractivity contribution >= 4 is 29.1 Å². The molecule has 0 fully saturated rings. The molecule has 0 aliphatic heterocycles. The highest BCUT2D eigenvalue weighted by atomic mass is 19.2. The number of carbonyl (C=O) groups is 3. The molecule has 0 aliphatic rings. The standard InChI is InChI=1S/C22H15F3N6O3/c1-11(32)27-20(12-2-3-14(23)15(24)8-12)21(33)16-4-5-19-28-18(10-31(19)30-16)29-22(34)13-6-7-26-17(25)9-13/h2-10,20H,1H3,(H,27,32)(H,29,34). The second kappa shape index (κ2) is 9.10. The van der Waals surface area contributed by atoms with Crippen LogP contribution in [0.25, 0.3) is 5.65 Å². The Kier molecular flexibility index (Phi) is 6.04. The minimum Gasteiger partial charge on any atom is -0.342 e. The van der Waals surface area contributed by atoms with E-state index in [1.165, 1.54) is 41.9 Å². The molecule has 2 N–H and O–H groups in total. The SMILES string of the molecule is CC(=O)NC(C(=O)c1ccc2nc(NC(=O)c3ccnc(F)c3)cn2n1)c1ccc(F)c(F)c1. The average Bonchev–Trinajstić information content (AvgIpc) is 3.20. The van der Waals surface area contributed by atoms with Crippen LogP contribution in [0.3, 0.4) is 0 Å².